The predicted molar refractivity (Wildman–Crippen MR) is 64.0 cm³/mol. The minimum atomic E-state index is 0.742. The SMILES string of the molecule is CC1CNCCN1CC1CCCCS1. The molecule has 3 heteroatoms. The van der Waals surface area contributed by atoms with E-state index in [-0.39, 0.29) is 0 Å². The van der Waals surface area contributed by atoms with Gasteiger partial charge in [-0.2, -0.15) is 11.8 Å². The van der Waals surface area contributed by atoms with Gasteiger partial charge in [0.1, 0.15) is 0 Å². The molecule has 14 heavy (non-hydrogen) atoms. The average molecular weight is 214 g/mol. The van der Waals surface area contributed by atoms with Crippen molar-refractivity contribution >= 4 is 11.8 Å². The first-order valence-electron chi connectivity index (χ1n) is 5.92. The molecule has 2 aliphatic heterocycles. The fraction of sp³-hybridized carbons (Fsp3) is 1.00. The molecule has 1 N–H and O–H groups in total. The van der Waals surface area contributed by atoms with Gasteiger partial charge in [-0.05, 0) is 25.5 Å². The van der Waals surface area contributed by atoms with E-state index < -0.39 is 0 Å². The Hall–Kier alpha value is 0.270. The lowest BCUT2D eigenvalue weighted by molar-refractivity contribution is 0.172. The van der Waals surface area contributed by atoms with E-state index in [4.69, 9.17) is 0 Å². The molecule has 2 nitrogen and oxygen atoms in total. The highest BCUT2D eigenvalue weighted by Gasteiger charge is 2.22. The Kier molecular flexibility index (Phi) is 4.14. The lowest BCUT2D eigenvalue weighted by Gasteiger charge is -2.37. The van der Waals surface area contributed by atoms with Crippen molar-refractivity contribution in [3.63, 3.8) is 0 Å². The number of rotatable bonds is 2. The summed E-state index contributed by atoms with van der Waals surface area (Å²) in [5.41, 5.74) is 0. The van der Waals surface area contributed by atoms with Gasteiger partial charge in [-0.25, -0.2) is 0 Å². The van der Waals surface area contributed by atoms with E-state index in [1.54, 1.807) is 0 Å². The molecule has 2 aliphatic rings. The van der Waals surface area contributed by atoms with Gasteiger partial charge in [0.2, 0.25) is 0 Å². The molecule has 0 saturated carbocycles. The van der Waals surface area contributed by atoms with E-state index in [0.717, 1.165) is 11.3 Å². The van der Waals surface area contributed by atoms with Crippen LogP contribution in [0.15, 0.2) is 0 Å². The number of hydrogen-bond donors (Lipinski definition) is 1. The number of nitrogens with zero attached hydrogens (tertiary/aromatic N) is 1. The quantitative estimate of drug-likeness (QED) is 0.751. The maximum atomic E-state index is 3.45. The highest BCUT2D eigenvalue weighted by atomic mass is 32.2. The normalized spacial score (nSPS) is 35.8. The Bertz CT molecular complexity index is 169. The molecule has 2 heterocycles. The van der Waals surface area contributed by atoms with Gasteiger partial charge in [0.05, 0.1) is 0 Å². The minimum absolute atomic E-state index is 0.742. The number of hydrogen-bond acceptors (Lipinski definition) is 3. The fourth-order valence-electron chi connectivity index (χ4n) is 2.37. The first kappa shape index (κ1) is 10.8. The van der Waals surface area contributed by atoms with Crippen LogP contribution in [0, 0.1) is 0 Å². The summed E-state index contributed by atoms with van der Waals surface area (Å²) < 4.78 is 0. The van der Waals surface area contributed by atoms with Crippen LogP contribution in [0.4, 0.5) is 0 Å². The van der Waals surface area contributed by atoms with Crippen molar-refractivity contribution in [3.8, 4) is 0 Å². The third-order valence-corrected chi connectivity index (χ3v) is 4.73. The molecule has 2 rings (SSSR count). The van der Waals surface area contributed by atoms with Crippen molar-refractivity contribution in [1.82, 2.24) is 10.2 Å². The lowest BCUT2D eigenvalue weighted by atomic mass is 10.1. The lowest BCUT2D eigenvalue weighted by Crippen LogP contribution is -2.51. The van der Waals surface area contributed by atoms with Crippen LogP contribution in [0.1, 0.15) is 26.2 Å². The number of thioether (sulfide) groups is 1. The topological polar surface area (TPSA) is 15.3 Å². The average Bonchev–Trinajstić information content (AvgIpc) is 2.23. The van der Waals surface area contributed by atoms with Gasteiger partial charge in [0, 0.05) is 37.5 Å². The summed E-state index contributed by atoms with van der Waals surface area (Å²) in [5, 5.41) is 4.37. The third-order valence-electron chi connectivity index (χ3n) is 3.35. The zero-order chi connectivity index (χ0) is 9.80. The van der Waals surface area contributed by atoms with Gasteiger partial charge < -0.3 is 5.32 Å². The van der Waals surface area contributed by atoms with Crippen molar-refractivity contribution in [2.24, 2.45) is 0 Å². The molecule has 0 aliphatic carbocycles. The van der Waals surface area contributed by atoms with E-state index in [1.165, 1.54) is 51.2 Å². The van der Waals surface area contributed by atoms with Crippen LogP contribution in [-0.2, 0) is 0 Å². The highest BCUT2D eigenvalue weighted by Crippen LogP contribution is 2.26. The zero-order valence-corrected chi connectivity index (χ0v) is 9.98. The summed E-state index contributed by atoms with van der Waals surface area (Å²) in [6.45, 7) is 7.28. The Morgan fingerprint density at radius 3 is 3.07 bits per heavy atom. The first-order valence-corrected chi connectivity index (χ1v) is 6.97. The molecular formula is C11H22N2S. The summed E-state index contributed by atoms with van der Waals surface area (Å²) in [6, 6.07) is 0.742. The molecule has 0 spiro atoms. The summed E-state index contributed by atoms with van der Waals surface area (Å²) in [6.07, 6.45) is 4.34. The second-order valence-electron chi connectivity index (χ2n) is 4.54. The summed E-state index contributed by atoms with van der Waals surface area (Å²) in [4.78, 5) is 2.67. The molecule has 2 saturated heterocycles. The molecule has 2 atom stereocenters. The van der Waals surface area contributed by atoms with Crippen LogP contribution in [0.2, 0.25) is 0 Å². The van der Waals surface area contributed by atoms with E-state index in [1.807, 2.05) is 0 Å². The molecule has 0 bridgehead atoms. The largest absolute Gasteiger partial charge is 0.314 e. The number of piperazine rings is 1. The van der Waals surface area contributed by atoms with Crippen LogP contribution in [0.3, 0.4) is 0 Å². The number of nitrogens with one attached hydrogen (secondary N) is 1. The van der Waals surface area contributed by atoms with Crippen molar-refractivity contribution in [2.45, 2.75) is 37.5 Å². The van der Waals surface area contributed by atoms with Crippen LogP contribution in [0.25, 0.3) is 0 Å². The Morgan fingerprint density at radius 2 is 2.36 bits per heavy atom. The van der Waals surface area contributed by atoms with Gasteiger partial charge in [-0.3, -0.25) is 4.90 Å². The van der Waals surface area contributed by atoms with Gasteiger partial charge in [0.15, 0.2) is 0 Å². The summed E-state index contributed by atoms with van der Waals surface area (Å²) in [5.74, 6) is 1.39. The van der Waals surface area contributed by atoms with Crippen LogP contribution >= 0.6 is 11.8 Å². The van der Waals surface area contributed by atoms with Crippen molar-refractivity contribution in [2.75, 3.05) is 31.9 Å². The molecule has 2 unspecified atom stereocenters. The highest BCUT2D eigenvalue weighted by molar-refractivity contribution is 7.99. The Morgan fingerprint density at radius 1 is 1.43 bits per heavy atom. The van der Waals surface area contributed by atoms with Crippen LogP contribution < -0.4 is 5.32 Å². The molecular weight excluding hydrogens is 192 g/mol. The Balaban J connectivity index is 1.76. The van der Waals surface area contributed by atoms with E-state index in [9.17, 15) is 0 Å². The molecule has 0 aromatic carbocycles. The van der Waals surface area contributed by atoms with E-state index in [2.05, 4.69) is 28.9 Å². The molecule has 82 valence electrons. The first-order chi connectivity index (χ1) is 6.86. The molecule has 0 aromatic rings. The molecule has 2 fully saturated rings. The fourth-order valence-corrected chi connectivity index (χ4v) is 3.70. The van der Waals surface area contributed by atoms with E-state index in [0.29, 0.717) is 0 Å². The monoisotopic (exact) mass is 214 g/mol. The van der Waals surface area contributed by atoms with Gasteiger partial charge in [-0.15, -0.1) is 0 Å². The maximum absolute atomic E-state index is 3.45. The smallest absolute Gasteiger partial charge is 0.0193 e. The molecule has 0 aromatic heterocycles. The maximum Gasteiger partial charge on any atom is 0.0193 e. The summed E-state index contributed by atoms with van der Waals surface area (Å²) >= 11 is 2.20. The molecule has 0 amide bonds. The third kappa shape index (κ3) is 2.88. The standard InChI is InChI=1S/C11H22N2S/c1-10-8-12-5-6-13(10)9-11-4-2-3-7-14-11/h10-12H,2-9H2,1H3. The minimum Gasteiger partial charge on any atom is -0.314 e. The molecule has 0 radical (unpaired) electrons. The van der Waals surface area contributed by atoms with Crippen LogP contribution in [-0.4, -0.2) is 48.1 Å². The van der Waals surface area contributed by atoms with Crippen molar-refractivity contribution in [1.29, 1.82) is 0 Å². The second kappa shape index (κ2) is 5.38. The predicted octanol–water partition coefficient (Wildman–Crippen LogP) is 1.57. The second-order valence-corrected chi connectivity index (χ2v) is 5.94. The van der Waals surface area contributed by atoms with Gasteiger partial charge in [0.25, 0.3) is 0 Å². The van der Waals surface area contributed by atoms with Crippen LogP contribution in [0.5, 0.6) is 0 Å². The van der Waals surface area contributed by atoms with Crippen molar-refractivity contribution < 1.29 is 0 Å². The van der Waals surface area contributed by atoms with Crippen molar-refractivity contribution in [3.05, 3.63) is 0 Å². The van der Waals surface area contributed by atoms with Gasteiger partial charge in [-0.1, -0.05) is 6.42 Å². The summed E-state index contributed by atoms with van der Waals surface area (Å²) in [7, 11) is 0. The van der Waals surface area contributed by atoms with Gasteiger partial charge >= 0.3 is 0 Å². The zero-order valence-electron chi connectivity index (χ0n) is 9.17. The Labute approximate surface area is 91.8 Å². The van der Waals surface area contributed by atoms with E-state index >= 15 is 0 Å².